The molecular weight excluding hydrogens is 222 g/mol. The highest BCUT2D eigenvalue weighted by atomic mass is 15.3. The molecule has 2 saturated heterocycles. The van der Waals surface area contributed by atoms with Gasteiger partial charge in [-0.1, -0.05) is 0 Å². The number of hydrogen-bond acceptors (Lipinski definition) is 3. The summed E-state index contributed by atoms with van der Waals surface area (Å²) in [5, 5.41) is 3.53. The number of piperazine rings is 1. The lowest BCUT2D eigenvalue weighted by molar-refractivity contribution is 0.0379. The van der Waals surface area contributed by atoms with E-state index in [4.69, 9.17) is 0 Å². The highest BCUT2D eigenvalue weighted by molar-refractivity contribution is 4.93. The van der Waals surface area contributed by atoms with Gasteiger partial charge in [0.15, 0.2) is 0 Å². The molecule has 1 unspecified atom stereocenters. The summed E-state index contributed by atoms with van der Waals surface area (Å²) >= 11 is 0. The lowest BCUT2D eigenvalue weighted by Gasteiger charge is -2.47. The first kappa shape index (κ1) is 14.3. The Morgan fingerprint density at radius 3 is 2.56 bits per heavy atom. The van der Waals surface area contributed by atoms with Crippen molar-refractivity contribution >= 4 is 0 Å². The average Bonchev–Trinajstić information content (AvgIpc) is 2.54. The molecule has 0 radical (unpaired) electrons. The van der Waals surface area contributed by atoms with Crippen molar-refractivity contribution in [3.05, 3.63) is 0 Å². The second kappa shape index (κ2) is 5.89. The van der Waals surface area contributed by atoms with Crippen LogP contribution in [-0.2, 0) is 0 Å². The second-order valence-corrected chi connectivity index (χ2v) is 6.90. The molecular formula is C15H31N3. The molecule has 1 N–H and O–H groups in total. The lowest BCUT2D eigenvalue weighted by atomic mass is 9.94. The quantitative estimate of drug-likeness (QED) is 0.811. The first-order valence-electron chi connectivity index (χ1n) is 7.72. The van der Waals surface area contributed by atoms with Crippen LogP contribution in [-0.4, -0.2) is 60.1 Å². The first-order chi connectivity index (χ1) is 8.50. The van der Waals surface area contributed by atoms with E-state index in [1.165, 1.54) is 38.9 Å². The molecule has 0 aromatic carbocycles. The summed E-state index contributed by atoms with van der Waals surface area (Å²) in [6.07, 6.45) is 4.09. The van der Waals surface area contributed by atoms with Gasteiger partial charge in [0, 0.05) is 37.3 Å². The second-order valence-electron chi connectivity index (χ2n) is 6.90. The van der Waals surface area contributed by atoms with Crippen LogP contribution in [0.4, 0.5) is 0 Å². The van der Waals surface area contributed by atoms with Crippen molar-refractivity contribution in [2.45, 2.75) is 64.6 Å². The van der Waals surface area contributed by atoms with E-state index in [2.05, 4.69) is 42.8 Å². The fraction of sp³-hybridized carbons (Fsp3) is 1.00. The first-order valence-corrected chi connectivity index (χ1v) is 7.72. The molecule has 3 nitrogen and oxygen atoms in total. The number of rotatable bonds is 2. The van der Waals surface area contributed by atoms with Crippen molar-refractivity contribution in [1.29, 1.82) is 0 Å². The molecule has 0 aliphatic carbocycles. The topological polar surface area (TPSA) is 18.5 Å². The van der Waals surface area contributed by atoms with Crippen molar-refractivity contribution in [3.8, 4) is 0 Å². The predicted molar refractivity (Wildman–Crippen MR) is 78.0 cm³/mol. The maximum Gasteiger partial charge on any atom is 0.0281 e. The maximum absolute atomic E-state index is 3.53. The minimum absolute atomic E-state index is 0.329. The summed E-state index contributed by atoms with van der Waals surface area (Å²) in [6, 6.07) is 1.51. The van der Waals surface area contributed by atoms with Crippen LogP contribution in [0.1, 0.15) is 47.0 Å². The molecule has 3 heteroatoms. The number of hydrogen-bond donors (Lipinski definition) is 1. The summed E-state index contributed by atoms with van der Waals surface area (Å²) < 4.78 is 0. The molecule has 106 valence electrons. The zero-order chi connectivity index (χ0) is 13.2. The van der Waals surface area contributed by atoms with E-state index in [9.17, 15) is 0 Å². The van der Waals surface area contributed by atoms with E-state index < -0.39 is 0 Å². The molecule has 2 aliphatic rings. The molecule has 0 saturated carbocycles. The summed E-state index contributed by atoms with van der Waals surface area (Å²) in [6.45, 7) is 15.5. The van der Waals surface area contributed by atoms with E-state index >= 15 is 0 Å². The third-order valence-corrected chi connectivity index (χ3v) is 4.77. The molecule has 0 spiro atoms. The Morgan fingerprint density at radius 1 is 1.11 bits per heavy atom. The third kappa shape index (κ3) is 3.25. The normalized spacial score (nSPS) is 31.5. The lowest BCUT2D eigenvalue weighted by Crippen LogP contribution is -2.61. The Labute approximate surface area is 113 Å². The molecule has 0 aromatic rings. The monoisotopic (exact) mass is 253 g/mol. The van der Waals surface area contributed by atoms with Crippen LogP contribution in [0.3, 0.4) is 0 Å². The Hall–Kier alpha value is -0.120. The number of nitrogens with zero attached hydrogens (tertiary/aromatic N) is 2. The minimum Gasteiger partial charge on any atom is -0.314 e. The Morgan fingerprint density at radius 2 is 1.89 bits per heavy atom. The summed E-state index contributed by atoms with van der Waals surface area (Å²) in [5.74, 6) is 0. The molecule has 18 heavy (non-hydrogen) atoms. The smallest absolute Gasteiger partial charge is 0.0281 e. The van der Waals surface area contributed by atoms with Crippen LogP contribution in [0.2, 0.25) is 0 Å². The van der Waals surface area contributed by atoms with Crippen molar-refractivity contribution in [3.63, 3.8) is 0 Å². The molecule has 2 aliphatic heterocycles. The van der Waals surface area contributed by atoms with Gasteiger partial charge in [0.25, 0.3) is 0 Å². The molecule has 1 atom stereocenters. The Balaban J connectivity index is 1.96. The molecule has 2 fully saturated rings. The number of likely N-dealkylation sites (tertiary alicyclic amines) is 1. The van der Waals surface area contributed by atoms with E-state index in [0.29, 0.717) is 11.6 Å². The predicted octanol–water partition coefficient (Wildman–Crippen LogP) is 1.93. The van der Waals surface area contributed by atoms with Crippen molar-refractivity contribution < 1.29 is 0 Å². The SMILES string of the molecule is CC(C)N1CCCC(N2CCNCC2(C)C)CC1. The Kier molecular flexibility index (Phi) is 4.68. The van der Waals surface area contributed by atoms with Crippen LogP contribution in [0, 0.1) is 0 Å². The van der Waals surface area contributed by atoms with Gasteiger partial charge in [0.05, 0.1) is 0 Å². The van der Waals surface area contributed by atoms with Crippen molar-refractivity contribution in [2.75, 3.05) is 32.7 Å². The van der Waals surface area contributed by atoms with Crippen LogP contribution in [0.15, 0.2) is 0 Å². The average molecular weight is 253 g/mol. The maximum atomic E-state index is 3.53. The zero-order valence-corrected chi connectivity index (χ0v) is 12.7. The highest BCUT2D eigenvalue weighted by Gasteiger charge is 2.35. The van der Waals surface area contributed by atoms with Crippen LogP contribution >= 0.6 is 0 Å². The van der Waals surface area contributed by atoms with Gasteiger partial charge < -0.3 is 10.2 Å². The highest BCUT2D eigenvalue weighted by Crippen LogP contribution is 2.26. The molecule has 0 bridgehead atoms. The summed E-state index contributed by atoms with van der Waals surface area (Å²) in [4.78, 5) is 5.42. The molecule has 0 amide bonds. The molecule has 0 aromatic heterocycles. The van der Waals surface area contributed by atoms with E-state index in [-0.39, 0.29) is 0 Å². The van der Waals surface area contributed by atoms with Gasteiger partial charge in [0.1, 0.15) is 0 Å². The van der Waals surface area contributed by atoms with E-state index in [0.717, 1.165) is 19.1 Å². The fourth-order valence-corrected chi connectivity index (χ4v) is 3.60. The summed E-state index contributed by atoms with van der Waals surface area (Å²) in [7, 11) is 0. The van der Waals surface area contributed by atoms with Crippen molar-refractivity contribution in [2.24, 2.45) is 0 Å². The van der Waals surface area contributed by atoms with Gasteiger partial charge in [-0.3, -0.25) is 4.90 Å². The van der Waals surface area contributed by atoms with E-state index in [1.54, 1.807) is 0 Å². The van der Waals surface area contributed by atoms with Gasteiger partial charge in [-0.05, 0) is 60.0 Å². The van der Waals surface area contributed by atoms with Gasteiger partial charge in [-0.2, -0.15) is 0 Å². The standard InChI is InChI=1S/C15H31N3/c1-13(2)17-9-5-6-14(7-10-17)18-11-8-16-12-15(18,3)4/h13-14,16H,5-12H2,1-4H3. The van der Waals surface area contributed by atoms with Crippen LogP contribution in [0.5, 0.6) is 0 Å². The largest absolute Gasteiger partial charge is 0.314 e. The van der Waals surface area contributed by atoms with Gasteiger partial charge >= 0.3 is 0 Å². The van der Waals surface area contributed by atoms with Crippen molar-refractivity contribution in [1.82, 2.24) is 15.1 Å². The van der Waals surface area contributed by atoms with Crippen LogP contribution in [0.25, 0.3) is 0 Å². The molecule has 2 heterocycles. The zero-order valence-electron chi connectivity index (χ0n) is 12.7. The van der Waals surface area contributed by atoms with Gasteiger partial charge in [0.2, 0.25) is 0 Å². The van der Waals surface area contributed by atoms with Gasteiger partial charge in [-0.25, -0.2) is 0 Å². The minimum atomic E-state index is 0.329. The third-order valence-electron chi connectivity index (χ3n) is 4.77. The number of nitrogens with one attached hydrogen (secondary N) is 1. The molecule has 2 rings (SSSR count). The van der Waals surface area contributed by atoms with Gasteiger partial charge in [-0.15, -0.1) is 0 Å². The Bertz CT molecular complexity index is 262. The van der Waals surface area contributed by atoms with Crippen LogP contribution < -0.4 is 5.32 Å². The fourth-order valence-electron chi connectivity index (χ4n) is 3.60. The van der Waals surface area contributed by atoms with E-state index in [1.807, 2.05) is 0 Å². The summed E-state index contributed by atoms with van der Waals surface area (Å²) in [5.41, 5.74) is 0.329.